The van der Waals surface area contributed by atoms with Gasteiger partial charge in [-0.1, -0.05) is 73.9 Å². The molecule has 2 aromatic rings. The predicted octanol–water partition coefficient (Wildman–Crippen LogP) is 1.17. The van der Waals surface area contributed by atoms with Crippen molar-refractivity contribution in [3.8, 4) is 0 Å². The lowest BCUT2D eigenvalue weighted by atomic mass is 9.83. The Kier molecular flexibility index (Phi) is 17.0. The molecule has 0 bridgehead atoms. The van der Waals surface area contributed by atoms with Gasteiger partial charge in [0.05, 0.1) is 0 Å². The number of rotatable bonds is 16. The molecule has 284 valence electrons. The van der Waals surface area contributed by atoms with Crippen LogP contribution < -0.4 is 38.9 Å². The van der Waals surface area contributed by atoms with Crippen molar-refractivity contribution in [2.24, 2.45) is 39.8 Å². The van der Waals surface area contributed by atoms with E-state index in [1.165, 1.54) is 0 Å². The number of nitrogens with two attached hydrogens (primary N) is 4. The van der Waals surface area contributed by atoms with Gasteiger partial charge in [-0.2, -0.15) is 13.2 Å². The fraction of sp³-hybridized carbons (Fsp3) is 0.441. The van der Waals surface area contributed by atoms with Gasteiger partial charge < -0.3 is 44.0 Å². The van der Waals surface area contributed by atoms with E-state index < -0.39 is 53.8 Å². The molecule has 1 fully saturated rings. The molecule has 1 aliphatic carbocycles. The summed E-state index contributed by atoms with van der Waals surface area (Å²) in [6.07, 6.45) is -0.186. The van der Waals surface area contributed by atoms with Crippen LogP contribution in [0, 0.1) is 17.2 Å². The van der Waals surface area contributed by atoms with E-state index in [-0.39, 0.29) is 43.6 Å². The first-order valence-corrected chi connectivity index (χ1v) is 16.5. The van der Waals surface area contributed by atoms with Crippen LogP contribution in [0.15, 0.2) is 59.6 Å². The van der Waals surface area contributed by atoms with Gasteiger partial charge >= 0.3 is 12.1 Å². The number of amides is 4. The maximum Gasteiger partial charge on any atom is 0.490 e. The van der Waals surface area contributed by atoms with Crippen LogP contribution >= 0.6 is 0 Å². The first-order chi connectivity index (χ1) is 24.5. The van der Waals surface area contributed by atoms with Crippen LogP contribution in [0.3, 0.4) is 0 Å². The highest BCUT2D eigenvalue weighted by atomic mass is 19.4. The Labute approximate surface area is 298 Å². The Bertz CT molecular complexity index is 1550. The summed E-state index contributed by atoms with van der Waals surface area (Å²) in [7, 11) is 0. The van der Waals surface area contributed by atoms with Gasteiger partial charge in [-0.25, -0.2) is 4.79 Å². The number of carboxylic acids is 1. The molecule has 0 aliphatic heterocycles. The van der Waals surface area contributed by atoms with E-state index in [4.69, 9.17) is 38.2 Å². The number of hydrogen-bond acceptors (Lipinski definition) is 7. The lowest BCUT2D eigenvalue weighted by molar-refractivity contribution is -0.192. The van der Waals surface area contributed by atoms with Gasteiger partial charge in [0.25, 0.3) is 0 Å². The number of carbonyl (C=O) groups excluding carboxylic acids is 4. The molecule has 0 aromatic heterocycles. The molecule has 18 heteroatoms. The van der Waals surface area contributed by atoms with Crippen molar-refractivity contribution in [2.75, 3.05) is 6.54 Å². The second-order valence-electron chi connectivity index (χ2n) is 12.2. The monoisotopic (exact) mass is 733 g/mol. The van der Waals surface area contributed by atoms with Crippen LogP contribution in [0.4, 0.5) is 13.2 Å². The average molecular weight is 734 g/mol. The normalized spacial score (nSPS) is 14.6. The largest absolute Gasteiger partial charge is 0.490 e. The van der Waals surface area contributed by atoms with Gasteiger partial charge in [-0.15, -0.1) is 0 Å². The number of nitrogens with zero attached hydrogens (tertiary/aromatic N) is 1. The zero-order chi connectivity index (χ0) is 38.8. The first kappa shape index (κ1) is 42.5. The van der Waals surface area contributed by atoms with Gasteiger partial charge in [-0.05, 0) is 49.1 Å². The number of carboxylic acid groups (broad SMARTS) is 1. The van der Waals surface area contributed by atoms with Crippen LogP contribution in [-0.2, 0) is 36.9 Å². The highest BCUT2D eigenvalue weighted by Crippen LogP contribution is 2.27. The van der Waals surface area contributed by atoms with Gasteiger partial charge in [0.15, 0.2) is 5.96 Å². The number of primary amides is 1. The molecule has 52 heavy (non-hydrogen) atoms. The van der Waals surface area contributed by atoms with E-state index in [0.29, 0.717) is 30.4 Å². The van der Waals surface area contributed by atoms with Crippen LogP contribution in [0.25, 0.3) is 0 Å². The second kappa shape index (κ2) is 20.9. The zero-order valence-corrected chi connectivity index (χ0v) is 28.5. The Morgan fingerprint density at radius 2 is 1.44 bits per heavy atom. The number of aliphatic imine (C=N–C) groups is 1. The average Bonchev–Trinajstić information content (AvgIpc) is 3.10. The SMILES string of the molecule is N=C(N)c1ccc(C[C@H](C(=O)NCc2ccccc2)C(=O)NC(C(=O)NC(CCCN=C(N)N)C(N)=O)C2CCCCC2)cc1.O=C(O)C(F)(F)F. The fourth-order valence-electron chi connectivity index (χ4n) is 5.44. The van der Waals surface area contributed by atoms with E-state index >= 15 is 0 Å². The summed E-state index contributed by atoms with van der Waals surface area (Å²) >= 11 is 0. The molecule has 4 amide bonds. The van der Waals surface area contributed by atoms with Crippen molar-refractivity contribution >= 4 is 41.4 Å². The fourth-order valence-corrected chi connectivity index (χ4v) is 5.44. The minimum Gasteiger partial charge on any atom is -0.475 e. The Morgan fingerprint density at radius 3 is 1.96 bits per heavy atom. The zero-order valence-electron chi connectivity index (χ0n) is 28.5. The lowest BCUT2D eigenvalue weighted by Gasteiger charge is -2.32. The number of alkyl halides is 3. The quantitative estimate of drug-likeness (QED) is 0.0517. The van der Waals surface area contributed by atoms with Crippen molar-refractivity contribution < 1.29 is 42.3 Å². The van der Waals surface area contributed by atoms with Crippen LogP contribution in [-0.4, -0.2) is 71.3 Å². The molecule has 0 radical (unpaired) electrons. The van der Waals surface area contributed by atoms with Crippen molar-refractivity contribution in [3.05, 3.63) is 71.3 Å². The van der Waals surface area contributed by atoms with Crippen molar-refractivity contribution in [3.63, 3.8) is 0 Å². The number of nitrogens with one attached hydrogen (secondary N) is 4. The van der Waals surface area contributed by atoms with Crippen molar-refractivity contribution in [2.45, 2.75) is 76.2 Å². The topological polar surface area (TPSA) is 282 Å². The molecule has 0 spiro atoms. The molecule has 2 unspecified atom stereocenters. The van der Waals surface area contributed by atoms with Gasteiger partial charge in [0.2, 0.25) is 23.6 Å². The Balaban J connectivity index is 0.00000121. The number of carbonyl (C=O) groups is 5. The van der Waals surface area contributed by atoms with Gasteiger partial charge in [-0.3, -0.25) is 29.6 Å². The van der Waals surface area contributed by atoms with Crippen LogP contribution in [0.1, 0.15) is 61.6 Å². The summed E-state index contributed by atoms with van der Waals surface area (Å²) in [6.45, 7) is 0.483. The number of benzene rings is 2. The maximum absolute atomic E-state index is 13.9. The van der Waals surface area contributed by atoms with E-state index in [1.807, 2.05) is 30.3 Å². The number of halogens is 3. The standard InChI is InChI=1S/C32H45N9O4.C2HF3O2/c33-27(34)23-15-13-20(14-16-23)18-24(29(43)39-19-21-8-3-1-4-9-21)30(44)41-26(22-10-5-2-6-11-22)31(45)40-25(28(35)42)12-7-17-38-32(36)37;3-2(4,5)1(6)7/h1,3-4,8-9,13-16,22,24-26H,2,5-7,10-12,17-19H2,(H3,33,34)(H2,35,42)(H,39,43)(H,40,45)(H,41,44)(H4,36,37,38);(H,6,7)/t24-,25?,26?;/m1./s1. The highest BCUT2D eigenvalue weighted by molar-refractivity contribution is 6.02. The smallest absolute Gasteiger partial charge is 0.475 e. The summed E-state index contributed by atoms with van der Waals surface area (Å²) in [4.78, 5) is 66.1. The van der Waals surface area contributed by atoms with E-state index in [2.05, 4.69) is 20.9 Å². The summed E-state index contributed by atoms with van der Waals surface area (Å²) in [6, 6.07) is 14.1. The molecule has 3 rings (SSSR count). The number of guanidine groups is 1. The third kappa shape index (κ3) is 15.1. The number of nitrogen functional groups attached to an aromatic ring is 1. The minimum atomic E-state index is -5.08. The number of aliphatic carboxylic acids is 1. The number of hydrogen-bond donors (Lipinski definition) is 9. The van der Waals surface area contributed by atoms with Crippen molar-refractivity contribution in [1.29, 1.82) is 5.41 Å². The molecule has 2 aromatic carbocycles. The summed E-state index contributed by atoms with van der Waals surface area (Å²) in [5.41, 5.74) is 24.0. The molecule has 13 N–H and O–H groups in total. The predicted molar refractivity (Wildman–Crippen MR) is 186 cm³/mol. The van der Waals surface area contributed by atoms with E-state index in [0.717, 1.165) is 24.8 Å². The van der Waals surface area contributed by atoms with Gasteiger partial charge in [0.1, 0.15) is 23.8 Å². The lowest BCUT2D eigenvalue weighted by Crippen LogP contribution is -2.57. The first-order valence-electron chi connectivity index (χ1n) is 16.5. The Morgan fingerprint density at radius 1 is 0.846 bits per heavy atom. The maximum atomic E-state index is 13.9. The highest BCUT2D eigenvalue weighted by Gasteiger charge is 2.38. The summed E-state index contributed by atoms with van der Waals surface area (Å²) in [5.74, 6) is -6.62. The second-order valence-corrected chi connectivity index (χ2v) is 12.2. The molecule has 3 atom stereocenters. The molecule has 15 nitrogen and oxygen atoms in total. The summed E-state index contributed by atoms with van der Waals surface area (Å²) in [5, 5.41) is 23.2. The van der Waals surface area contributed by atoms with Gasteiger partial charge in [0, 0.05) is 18.7 Å². The third-order valence-electron chi connectivity index (χ3n) is 8.20. The van der Waals surface area contributed by atoms with Crippen molar-refractivity contribution in [1.82, 2.24) is 16.0 Å². The molecule has 1 saturated carbocycles. The summed E-state index contributed by atoms with van der Waals surface area (Å²) < 4.78 is 31.7. The Hall–Kier alpha value is -5.68. The molecule has 1 aliphatic rings. The molecular weight excluding hydrogens is 687 g/mol. The minimum absolute atomic E-state index is 0.0539. The number of amidine groups is 1. The van der Waals surface area contributed by atoms with Crippen LogP contribution in [0.5, 0.6) is 0 Å². The van der Waals surface area contributed by atoms with E-state index in [9.17, 15) is 32.3 Å². The van der Waals surface area contributed by atoms with Crippen LogP contribution in [0.2, 0.25) is 0 Å². The third-order valence-corrected chi connectivity index (χ3v) is 8.20. The van der Waals surface area contributed by atoms with E-state index in [1.54, 1.807) is 24.3 Å². The molecule has 0 saturated heterocycles. The molecular formula is C34H46F3N9O6. The molecule has 0 heterocycles.